The minimum Gasteiger partial charge on any atom is -0.354 e. The molecule has 7 heteroatoms. The summed E-state index contributed by atoms with van der Waals surface area (Å²) in [6.45, 7) is 0. The molecule has 450 valence electrons. The standard InChI is InChI=1S/C56H30N2S.C22H13N.C12H6Br2S/c1-3-13-35-33(11-1)39-17-9-19-41-53(39)45(35)29-47-37-15-5-7-21-49(37)57(55(41)47)31-23-25-51-43(27-31)44-28-32(24-26-52(44)59-51)58-50-22-8-6-16-38(50)48-30-46-36-14-4-2-12-34(36)40-18-10-20-42(54(40)46)56(48)58;1-2-7-14-13(6-1)16-9-5-10-17-21(16)18(14)12-19-15-8-3-4-11-20(15)23-22(17)19;13-7-1-3-11-9(5-7)10-6-8(14)2-4-12(10)15-11/h1-30H;1-12,23H;1-6H. The Bertz CT molecular complexity index is 6790. The van der Waals surface area contributed by atoms with E-state index in [0.717, 1.165) is 8.95 Å². The van der Waals surface area contributed by atoms with Crippen LogP contribution in [-0.4, -0.2) is 14.1 Å². The van der Waals surface area contributed by atoms with Crippen molar-refractivity contribution in [2.24, 2.45) is 0 Å². The molecule has 1 N–H and O–H groups in total. The largest absolute Gasteiger partial charge is 0.354 e. The SMILES string of the molecule is Brc1ccc2sc3ccc(Br)cc3c2c1.c1ccc2c(c1)-c1cccc3c1c-2cc1c2ccccc2[nH]c31.c1ccc2c(c1)-c1cccc3c1c-2cc1c2ccccc2n(-c2ccc4sc5ccc(-n6c7ccccc7c7cc8c9c(cccc9c76)-c6ccccc6-8)cc5c4c2)c31. The van der Waals surface area contributed by atoms with E-state index in [0.29, 0.717) is 0 Å². The van der Waals surface area contributed by atoms with Crippen LogP contribution in [0.15, 0.2) is 300 Å². The zero-order valence-electron chi connectivity index (χ0n) is 51.7. The summed E-state index contributed by atoms with van der Waals surface area (Å²) in [7, 11) is 0. The number of hydrogen-bond donors (Lipinski definition) is 1. The van der Waals surface area contributed by atoms with Crippen molar-refractivity contribution in [2.75, 3.05) is 0 Å². The predicted molar refractivity (Wildman–Crippen MR) is 424 cm³/mol. The van der Waals surface area contributed by atoms with Crippen LogP contribution in [0.5, 0.6) is 0 Å². The van der Waals surface area contributed by atoms with Gasteiger partial charge in [0.15, 0.2) is 0 Å². The minimum absolute atomic E-state index is 1.13. The summed E-state index contributed by atoms with van der Waals surface area (Å²) in [6.07, 6.45) is 0. The van der Waals surface area contributed by atoms with E-state index in [1.54, 1.807) is 0 Å². The van der Waals surface area contributed by atoms with Crippen LogP contribution in [0.4, 0.5) is 0 Å². The van der Waals surface area contributed by atoms with E-state index < -0.39 is 0 Å². The first-order valence-electron chi connectivity index (χ1n) is 32.9. The number of aromatic nitrogens is 3. The Labute approximate surface area is 580 Å². The smallest absolute Gasteiger partial charge is 0.0620 e. The molecular weight excluding hydrogens is 1350 g/mol. The van der Waals surface area contributed by atoms with E-state index >= 15 is 0 Å². The first-order chi connectivity index (χ1) is 47.9. The summed E-state index contributed by atoms with van der Waals surface area (Å²) in [4.78, 5) is 3.63. The number of halogens is 2. The number of thiophene rings is 2. The summed E-state index contributed by atoms with van der Waals surface area (Å²) in [5.74, 6) is 0. The number of benzene rings is 16. The highest BCUT2D eigenvalue weighted by Gasteiger charge is 2.29. The molecule has 5 aromatic heterocycles. The Morgan fingerprint density at radius 1 is 0.237 bits per heavy atom. The van der Waals surface area contributed by atoms with Gasteiger partial charge in [-0.15, -0.1) is 22.7 Å². The molecule has 21 aromatic rings. The molecule has 5 heterocycles. The molecule has 0 radical (unpaired) electrons. The summed E-state index contributed by atoms with van der Waals surface area (Å²) in [6, 6.07) is 108. The Balaban J connectivity index is 0.000000129. The summed E-state index contributed by atoms with van der Waals surface area (Å²) in [5, 5.41) is 21.0. The number of rotatable bonds is 2. The van der Waals surface area contributed by atoms with Crippen molar-refractivity contribution in [2.45, 2.75) is 0 Å². The van der Waals surface area contributed by atoms with E-state index in [4.69, 9.17) is 0 Å². The molecule has 0 saturated carbocycles. The zero-order chi connectivity index (χ0) is 63.5. The van der Waals surface area contributed by atoms with Crippen molar-refractivity contribution in [3.63, 3.8) is 0 Å². The predicted octanol–water partition coefficient (Wildman–Crippen LogP) is 27.6. The molecule has 3 nitrogen and oxygen atoms in total. The molecule has 0 atom stereocenters. The van der Waals surface area contributed by atoms with Crippen LogP contribution in [-0.2, 0) is 0 Å². The molecule has 97 heavy (non-hydrogen) atoms. The first kappa shape index (κ1) is 54.4. The number of H-pyrrole nitrogens is 1. The normalized spacial score (nSPS) is 12.4. The highest BCUT2D eigenvalue weighted by Crippen LogP contribution is 2.55. The number of hydrogen-bond acceptors (Lipinski definition) is 2. The first-order valence-corrected chi connectivity index (χ1v) is 36.1. The van der Waals surface area contributed by atoms with Gasteiger partial charge in [-0.3, -0.25) is 0 Å². The maximum Gasteiger partial charge on any atom is 0.0620 e. The van der Waals surface area contributed by atoms with E-state index in [1.165, 1.54) is 216 Å². The molecule has 0 amide bonds. The van der Waals surface area contributed by atoms with Gasteiger partial charge in [0.05, 0.1) is 27.6 Å². The minimum atomic E-state index is 1.13. The van der Waals surface area contributed by atoms with E-state index in [1.807, 2.05) is 22.7 Å². The van der Waals surface area contributed by atoms with Gasteiger partial charge >= 0.3 is 0 Å². The third kappa shape index (κ3) is 7.65. The van der Waals surface area contributed by atoms with Crippen molar-refractivity contribution >= 4 is 193 Å². The molecule has 3 aliphatic carbocycles. The van der Waals surface area contributed by atoms with Crippen LogP contribution >= 0.6 is 54.5 Å². The molecule has 0 unspecified atom stereocenters. The highest BCUT2D eigenvalue weighted by molar-refractivity contribution is 9.10. The second-order valence-corrected chi connectivity index (χ2v) is 30.0. The average Bonchev–Trinajstić information content (AvgIpc) is 1.54. The number of nitrogens with zero attached hydrogens (tertiary/aromatic N) is 2. The van der Waals surface area contributed by atoms with Crippen LogP contribution in [0.3, 0.4) is 0 Å². The molecule has 0 fully saturated rings. The lowest BCUT2D eigenvalue weighted by atomic mass is 9.99. The molecule has 0 spiro atoms. The van der Waals surface area contributed by atoms with E-state index in [2.05, 4.69) is 337 Å². The fraction of sp³-hybridized carbons (Fsp3) is 0. The van der Waals surface area contributed by atoms with Gasteiger partial charge in [0, 0.05) is 115 Å². The Kier molecular flexibility index (Phi) is 11.4. The van der Waals surface area contributed by atoms with E-state index in [-0.39, 0.29) is 0 Å². The molecule has 3 aliphatic rings. The molecule has 0 bridgehead atoms. The molecule has 0 saturated heterocycles. The number of aromatic amines is 1. The van der Waals surface area contributed by atoms with Crippen LogP contribution in [0, 0.1) is 0 Å². The van der Waals surface area contributed by atoms with Crippen LogP contribution in [0.1, 0.15) is 0 Å². The molecule has 16 aromatic carbocycles. The maximum absolute atomic E-state index is 3.63. The maximum atomic E-state index is 3.63. The quantitative estimate of drug-likeness (QED) is 0.179. The third-order valence-corrected chi connectivity index (χ3v) is 24.4. The van der Waals surface area contributed by atoms with Crippen molar-refractivity contribution in [3.8, 4) is 78.1 Å². The third-order valence-electron chi connectivity index (χ3n) is 21.1. The van der Waals surface area contributed by atoms with Crippen LogP contribution in [0.2, 0.25) is 0 Å². The van der Waals surface area contributed by atoms with Crippen molar-refractivity contribution in [3.05, 3.63) is 300 Å². The second-order valence-electron chi connectivity index (χ2n) is 26.0. The van der Waals surface area contributed by atoms with Crippen molar-refractivity contribution < 1.29 is 0 Å². The molecule has 0 aliphatic heterocycles. The summed E-state index contributed by atoms with van der Waals surface area (Å²) in [5.41, 5.74) is 25.9. The highest BCUT2D eigenvalue weighted by atomic mass is 79.9. The van der Waals surface area contributed by atoms with Gasteiger partial charge in [-0.1, -0.05) is 214 Å². The van der Waals surface area contributed by atoms with Gasteiger partial charge in [-0.2, -0.15) is 0 Å². The van der Waals surface area contributed by atoms with E-state index in [9.17, 15) is 0 Å². The van der Waals surface area contributed by atoms with Gasteiger partial charge in [0.2, 0.25) is 0 Å². The van der Waals surface area contributed by atoms with Gasteiger partial charge < -0.3 is 14.1 Å². The fourth-order valence-electron chi connectivity index (χ4n) is 17.1. The Morgan fingerprint density at radius 3 is 1.04 bits per heavy atom. The summed E-state index contributed by atoms with van der Waals surface area (Å²) < 4.78 is 12.6. The lowest BCUT2D eigenvalue weighted by Crippen LogP contribution is -1.95. The fourth-order valence-corrected chi connectivity index (χ4v) is 20.0. The van der Waals surface area contributed by atoms with Crippen molar-refractivity contribution in [1.82, 2.24) is 14.1 Å². The Morgan fingerprint density at radius 2 is 0.577 bits per heavy atom. The lowest BCUT2D eigenvalue weighted by molar-refractivity contribution is 1.19. The van der Waals surface area contributed by atoms with Crippen LogP contribution in [0.25, 0.3) is 216 Å². The lowest BCUT2D eigenvalue weighted by Gasteiger charge is -2.12. The van der Waals surface area contributed by atoms with Gasteiger partial charge in [0.25, 0.3) is 0 Å². The van der Waals surface area contributed by atoms with Gasteiger partial charge in [-0.25, -0.2) is 0 Å². The number of nitrogens with one attached hydrogen (secondary N) is 1. The second kappa shape index (κ2) is 20.3. The monoisotopic (exact) mass is 1390 g/mol. The zero-order valence-corrected chi connectivity index (χ0v) is 56.5. The van der Waals surface area contributed by atoms with Gasteiger partial charge in [-0.05, 0) is 192 Å². The number of fused-ring (bicyclic) bond motifs is 27. The summed E-state index contributed by atoms with van der Waals surface area (Å²) >= 11 is 10.8. The number of para-hydroxylation sites is 3. The van der Waals surface area contributed by atoms with Crippen molar-refractivity contribution in [1.29, 1.82) is 0 Å². The Hall–Kier alpha value is -10.9. The molecule has 24 rings (SSSR count). The van der Waals surface area contributed by atoms with Crippen LogP contribution < -0.4 is 0 Å². The molecular formula is C90H49Br2N3S2. The topological polar surface area (TPSA) is 25.6 Å². The average molecular weight is 1400 g/mol. The van der Waals surface area contributed by atoms with Gasteiger partial charge in [0.1, 0.15) is 0 Å².